The zero-order valence-corrected chi connectivity index (χ0v) is 15.6. The van der Waals surface area contributed by atoms with E-state index in [1.165, 1.54) is 13.2 Å². The van der Waals surface area contributed by atoms with Crippen LogP contribution in [0.2, 0.25) is 0 Å². The van der Waals surface area contributed by atoms with Crippen LogP contribution in [0.1, 0.15) is 19.8 Å². The van der Waals surface area contributed by atoms with Crippen LogP contribution in [0, 0.1) is 11.6 Å². The lowest BCUT2D eigenvalue weighted by Gasteiger charge is -2.21. The summed E-state index contributed by atoms with van der Waals surface area (Å²) in [5.74, 6) is -1.75. The van der Waals surface area contributed by atoms with E-state index in [0.717, 1.165) is 18.6 Å². The van der Waals surface area contributed by atoms with Crippen molar-refractivity contribution in [3.63, 3.8) is 0 Å². The highest BCUT2D eigenvalue weighted by molar-refractivity contribution is 5.98. The summed E-state index contributed by atoms with van der Waals surface area (Å²) in [5, 5.41) is 5.22. The zero-order valence-electron chi connectivity index (χ0n) is 15.6. The molecule has 2 amide bonds. The average Bonchev–Trinajstić information content (AvgIpc) is 3.10. The second-order valence-electron chi connectivity index (χ2n) is 6.49. The summed E-state index contributed by atoms with van der Waals surface area (Å²) in [4.78, 5) is 25.9. The lowest BCUT2D eigenvalue weighted by Crippen LogP contribution is -2.32. The monoisotopic (exact) mass is 389 g/mol. The Balaban J connectivity index is 1.72. The van der Waals surface area contributed by atoms with E-state index in [1.807, 2.05) is 0 Å². The molecule has 1 heterocycles. The number of hydrogen-bond acceptors (Lipinski definition) is 4. The Labute approximate surface area is 161 Å². The molecule has 1 atom stereocenters. The second kappa shape index (κ2) is 8.24. The second-order valence-corrected chi connectivity index (χ2v) is 6.49. The van der Waals surface area contributed by atoms with Gasteiger partial charge in [0.2, 0.25) is 11.8 Å². The highest BCUT2D eigenvalue weighted by Crippen LogP contribution is 2.34. The van der Waals surface area contributed by atoms with Crippen molar-refractivity contribution in [2.75, 3.05) is 29.2 Å². The van der Waals surface area contributed by atoms with E-state index in [9.17, 15) is 18.4 Å². The molecule has 0 bridgehead atoms. The Morgan fingerprint density at radius 3 is 2.54 bits per heavy atom. The lowest BCUT2D eigenvalue weighted by molar-refractivity contribution is -0.117. The molecule has 1 aliphatic rings. The van der Waals surface area contributed by atoms with Gasteiger partial charge in [-0.05, 0) is 37.6 Å². The van der Waals surface area contributed by atoms with Crippen LogP contribution in [0.4, 0.5) is 25.8 Å². The molecular formula is C20H21F2N3O3. The number of carbonyl (C=O) groups is 2. The van der Waals surface area contributed by atoms with Gasteiger partial charge in [-0.25, -0.2) is 8.78 Å². The molecule has 0 radical (unpaired) electrons. The number of methoxy groups -OCH3 is 1. The molecule has 0 unspecified atom stereocenters. The summed E-state index contributed by atoms with van der Waals surface area (Å²) >= 11 is 0. The highest BCUT2D eigenvalue weighted by Gasteiger charge is 2.25. The maximum atomic E-state index is 13.7. The van der Waals surface area contributed by atoms with Crippen molar-refractivity contribution in [3.8, 4) is 5.75 Å². The number of carbonyl (C=O) groups excluding carboxylic acids is 2. The van der Waals surface area contributed by atoms with Gasteiger partial charge in [-0.15, -0.1) is 0 Å². The molecule has 3 rings (SSSR count). The fraction of sp³-hybridized carbons (Fsp3) is 0.300. The number of nitrogens with zero attached hydrogens (tertiary/aromatic N) is 1. The molecule has 2 aromatic carbocycles. The molecule has 0 spiro atoms. The van der Waals surface area contributed by atoms with Crippen molar-refractivity contribution in [2.45, 2.75) is 25.8 Å². The number of ether oxygens (including phenoxy) is 1. The van der Waals surface area contributed by atoms with Crippen LogP contribution in [0.15, 0.2) is 36.4 Å². The van der Waals surface area contributed by atoms with Crippen molar-refractivity contribution in [1.29, 1.82) is 0 Å². The molecule has 8 heteroatoms. The number of hydrogen-bond donors (Lipinski definition) is 2. The minimum absolute atomic E-state index is 0.0404. The van der Waals surface area contributed by atoms with Gasteiger partial charge < -0.3 is 20.3 Å². The number of nitrogens with one attached hydrogen (secondary N) is 2. The van der Waals surface area contributed by atoms with E-state index in [-0.39, 0.29) is 5.91 Å². The summed E-state index contributed by atoms with van der Waals surface area (Å²) in [5.41, 5.74) is 0.756. The third-order valence-corrected chi connectivity index (χ3v) is 4.53. The summed E-state index contributed by atoms with van der Waals surface area (Å²) in [6.45, 7) is 2.20. The molecule has 1 saturated heterocycles. The van der Waals surface area contributed by atoms with Gasteiger partial charge in [0.05, 0.1) is 12.8 Å². The van der Waals surface area contributed by atoms with Crippen LogP contribution in [-0.2, 0) is 9.59 Å². The van der Waals surface area contributed by atoms with Crippen molar-refractivity contribution in [2.24, 2.45) is 0 Å². The summed E-state index contributed by atoms with van der Waals surface area (Å²) in [7, 11) is 1.50. The number of amides is 2. The Morgan fingerprint density at radius 2 is 1.93 bits per heavy atom. The summed E-state index contributed by atoms with van der Waals surface area (Å²) < 4.78 is 32.8. The molecule has 28 heavy (non-hydrogen) atoms. The molecule has 2 aromatic rings. The van der Waals surface area contributed by atoms with Gasteiger partial charge in [-0.1, -0.05) is 6.07 Å². The van der Waals surface area contributed by atoms with Gasteiger partial charge >= 0.3 is 0 Å². The third kappa shape index (κ3) is 4.05. The molecular weight excluding hydrogens is 368 g/mol. The molecule has 0 aliphatic carbocycles. The van der Waals surface area contributed by atoms with Crippen molar-refractivity contribution >= 4 is 28.9 Å². The smallest absolute Gasteiger partial charge is 0.246 e. The SMILES string of the molecule is COc1cc(N[C@@H](C)C(=O)Nc2c(F)cccc2F)ccc1N1CCCC1=O. The molecule has 1 aliphatic heterocycles. The molecule has 1 fully saturated rings. The molecule has 0 saturated carbocycles. The maximum Gasteiger partial charge on any atom is 0.246 e. The van der Waals surface area contributed by atoms with Crippen LogP contribution in [0.3, 0.4) is 0 Å². The highest BCUT2D eigenvalue weighted by atomic mass is 19.1. The first kappa shape index (κ1) is 19.6. The van der Waals surface area contributed by atoms with Crippen LogP contribution in [0.25, 0.3) is 0 Å². The quantitative estimate of drug-likeness (QED) is 0.793. The normalized spacial score (nSPS) is 14.7. The predicted octanol–water partition coefficient (Wildman–Crippen LogP) is 3.54. The van der Waals surface area contributed by atoms with E-state index in [4.69, 9.17) is 4.74 Å². The fourth-order valence-electron chi connectivity index (χ4n) is 3.06. The number of para-hydroxylation sites is 1. The molecule has 148 valence electrons. The van der Waals surface area contributed by atoms with Crippen molar-refractivity contribution < 1.29 is 23.1 Å². The first-order valence-corrected chi connectivity index (χ1v) is 8.90. The minimum Gasteiger partial charge on any atom is -0.494 e. The van der Waals surface area contributed by atoms with Gasteiger partial charge in [0.15, 0.2) is 0 Å². The Kier molecular flexibility index (Phi) is 5.77. The Hall–Kier alpha value is -3.16. The summed E-state index contributed by atoms with van der Waals surface area (Å²) in [6.07, 6.45) is 1.30. The zero-order chi connectivity index (χ0) is 20.3. The maximum absolute atomic E-state index is 13.7. The van der Waals surface area contributed by atoms with Crippen LogP contribution in [0.5, 0.6) is 5.75 Å². The summed E-state index contributed by atoms with van der Waals surface area (Å²) in [6, 6.07) is 7.72. The largest absolute Gasteiger partial charge is 0.494 e. The van der Waals surface area contributed by atoms with E-state index in [1.54, 1.807) is 30.0 Å². The van der Waals surface area contributed by atoms with E-state index in [0.29, 0.717) is 30.1 Å². The van der Waals surface area contributed by atoms with Gasteiger partial charge in [0.25, 0.3) is 0 Å². The first-order chi connectivity index (χ1) is 13.4. The number of benzene rings is 2. The minimum atomic E-state index is -0.846. The third-order valence-electron chi connectivity index (χ3n) is 4.53. The van der Waals surface area contributed by atoms with E-state index < -0.39 is 29.3 Å². The Bertz CT molecular complexity index is 884. The van der Waals surface area contributed by atoms with Gasteiger partial charge in [0, 0.05) is 24.7 Å². The van der Waals surface area contributed by atoms with Crippen molar-refractivity contribution in [1.82, 2.24) is 0 Å². The number of halogens is 2. The predicted molar refractivity (Wildman–Crippen MR) is 103 cm³/mol. The van der Waals surface area contributed by atoms with Crippen molar-refractivity contribution in [3.05, 3.63) is 48.0 Å². The number of anilines is 3. The molecule has 0 aromatic heterocycles. The van der Waals surface area contributed by atoms with Gasteiger partial charge in [-0.2, -0.15) is 0 Å². The van der Waals surface area contributed by atoms with Crippen LogP contribution < -0.4 is 20.3 Å². The number of rotatable bonds is 6. The Morgan fingerprint density at radius 1 is 1.21 bits per heavy atom. The average molecular weight is 389 g/mol. The first-order valence-electron chi connectivity index (χ1n) is 8.90. The van der Waals surface area contributed by atoms with Gasteiger partial charge in [-0.3, -0.25) is 9.59 Å². The van der Waals surface area contributed by atoms with Crippen LogP contribution in [-0.4, -0.2) is 31.5 Å². The topological polar surface area (TPSA) is 70.7 Å². The molecule has 6 nitrogen and oxygen atoms in total. The van der Waals surface area contributed by atoms with E-state index in [2.05, 4.69) is 10.6 Å². The molecule has 2 N–H and O–H groups in total. The fourth-order valence-corrected chi connectivity index (χ4v) is 3.06. The van der Waals surface area contributed by atoms with Gasteiger partial charge in [0.1, 0.15) is 29.1 Å². The standard InChI is InChI=1S/C20H21F2N3O3/c1-12(20(27)24-19-14(21)5-3-6-15(19)22)23-13-8-9-16(17(11-13)28-2)25-10-4-7-18(25)26/h3,5-6,8-9,11-12,23H,4,7,10H2,1-2H3,(H,24,27)/t12-/m0/s1. The lowest BCUT2D eigenvalue weighted by atomic mass is 10.2. The van der Waals surface area contributed by atoms with Crippen LogP contribution >= 0.6 is 0 Å². The van der Waals surface area contributed by atoms with E-state index >= 15 is 0 Å².